The Morgan fingerprint density at radius 2 is 2.06 bits per heavy atom. The minimum Gasteiger partial charge on any atom is -0.370 e. The van der Waals surface area contributed by atoms with Gasteiger partial charge in [-0.3, -0.25) is 0 Å². The minimum absolute atomic E-state index is 0.245. The zero-order valence-corrected chi connectivity index (χ0v) is 12.5. The third kappa shape index (κ3) is 3.21. The van der Waals surface area contributed by atoms with Gasteiger partial charge in [-0.15, -0.1) is 11.8 Å². The van der Waals surface area contributed by atoms with Crippen LogP contribution in [-0.2, 0) is 0 Å². The van der Waals surface area contributed by atoms with E-state index in [1.54, 1.807) is 11.8 Å². The summed E-state index contributed by atoms with van der Waals surface area (Å²) in [6.45, 7) is 7.99. The summed E-state index contributed by atoms with van der Waals surface area (Å²) in [5.41, 5.74) is 1.60. The molecule has 0 aliphatic carbocycles. The van der Waals surface area contributed by atoms with Gasteiger partial charge in [0.05, 0.1) is 0 Å². The van der Waals surface area contributed by atoms with Gasteiger partial charge in [-0.1, -0.05) is 6.92 Å². The third-order valence-electron chi connectivity index (χ3n) is 3.91. The Labute approximate surface area is 115 Å². The SMILES string of the molecule is CCC1(C)CN(c2ccc(SC)cc2)CCCN1. The number of thioether (sulfide) groups is 1. The first kappa shape index (κ1) is 13.8. The van der Waals surface area contributed by atoms with E-state index in [0.717, 1.165) is 19.6 Å². The van der Waals surface area contributed by atoms with E-state index in [2.05, 4.69) is 54.6 Å². The van der Waals surface area contributed by atoms with Crippen LogP contribution in [0.2, 0.25) is 0 Å². The quantitative estimate of drug-likeness (QED) is 0.843. The summed E-state index contributed by atoms with van der Waals surface area (Å²) < 4.78 is 0. The van der Waals surface area contributed by atoms with Crippen molar-refractivity contribution in [3.8, 4) is 0 Å². The van der Waals surface area contributed by atoms with Crippen molar-refractivity contribution in [2.45, 2.75) is 37.1 Å². The molecule has 18 heavy (non-hydrogen) atoms. The zero-order valence-electron chi connectivity index (χ0n) is 11.7. The van der Waals surface area contributed by atoms with Gasteiger partial charge in [0.25, 0.3) is 0 Å². The molecule has 0 spiro atoms. The van der Waals surface area contributed by atoms with Gasteiger partial charge in [-0.05, 0) is 56.8 Å². The molecule has 3 heteroatoms. The Morgan fingerprint density at radius 3 is 2.67 bits per heavy atom. The Bertz CT molecular complexity index is 377. The molecule has 2 rings (SSSR count). The maximum atomic E-state index is 3.68. The van der Waals surface area contributed by atoms with Crippen LogP contribution in [0.15, 0.2) is 29.2 Å². The van der Waals surface area contributed by atoms with Gasteiger partial charge in [0.2, 0.25) is 0 Å². The lowest BCUT2D eigenvalue weighted by molar-refractivity contribution is 0.366. The molecule has 1 aromatic rings. The van der Waals surface area contributed by atoms with E-state index in [9.17, 15) is 0 Å². The molecule has 1 aliphatic heterocycles. The normalized spacial score (nSPS) is 24.9. The minimum atomic E-state index is 0.245. The largest absolute Gasteiger partial charge is 0.370 e. The molecular weight excluding hydrogens is 240 g/mol. The summed E-state index contributed by atoms with van der Waals surface area (Å²) in [6, 6.07) is 8.96. The molecule has 1 aliphatic rings. The van der Waals surface area contributed by atoms with E-state index in [-0.39, 0.29) is 5.54 Å². The standard InChI is InChI=1S/C15H24N2S/c1-4-15(2)12-17(11-5-10-16-15)13-6-8-14(18-3)9-7-13/h6-9,16H,4-5,10-12H2,1-3H3. The first-order valence-corrected chi connectivity index (χ1v) is 8.03. The molecule has 1 heterocycles. The van der Waals surface area contributed by atoms with Gasteiger partial charge in [-0.2, -0.15) is 0 Å². The number of rotatable bonds is 3. The van der Waals surface area contributed by atoms with E-state index in [4.69, 9.17) is 0 Å². The maximum absolute atomic E-state index is 3.68. The van der Waals surface area contributed by atoms with Crippen LogP contribution in [0.1, 0.15) is 26.7 Å². The average molecular weight is 264 g/mol. The third-order valence-corrected chi connectivity index (χ3v) is 4.66. The second-order valence-electron chi connectivity index (χ2n) is 5.31. The van der Waals surface area contributed by atoms with Crippen LogP contribution in [0.3, 0.4) is 0 Å². The van der Waals surface area contributed by atoms with Crippen molar-refractivity contribution in [3.63, 3.8) is 0 Å². The van der Waals surface area contributed by atoms with E-state index in [0.29, 0.717) is 0 Å². The van der Waals surface area contributed by atoms with Crippen molar-refractivity contribution < 1.29 is 0 Å². The molecule has 1 saturated heterocycles. The van der Waals surface area contributed by atoms with Crippen LogP contribution in [-0.4, -0.2) is 31.4 Å². The highest BCUT2D eigenvalue weighted by Crippen LogP contribution is 2.24. The summed E-state index contributed by atoms with van der Waals surface area (Å²) in [5, 5.41) is 3.68. The van der Waals surface area contributed by atoms with E-state index < -0.39 is 0 Å². The monoisotopic (exact) mass is 264 g/mol. The van der Waals surface area contributed by atoms with Crippen molar-refractivity contribution >= 4 is 17.4 Å². The van der Waals surface area contributed by atoms with Gasteiger partial charge in [-0.25, -0.2) is 0 Å². The fraction of sp³-hybridized carbons (Fsp3) is 0.600. The fourth-order valence-electron chi connectivity index (χ4n) is 2.47. The number of nitrogens with zero attached hydrogens (tertiary/aromatic N) is 1. The molecule has 100 valence electrons. The highest BCUT2D eigenvalue weighted by Gasteiger charge is 2.27. The molecular formula is C15H24N2S. The predicted molar refractivity (Wildman–Crippen MR) is 81.8 cm³/mol. The second kappa shape index (κ2) is 5.98. The average Bonchev–Trinajstić information content (AvgIpc) is 2.62. The van der Waals surface area contributed by atoms with Crippen LogP contribution >= 0.6 is 11.8 Å². The number of benzene rings is 1. The smallest absolute Gasteiger partial charge is 0.0367 e. The van der Waals surface area contributed by atoms with Crippen molar-refractivity contribution in [2.24, 2.45) is 0 Å². The van der Waals surface area contributed by atoms with Gasteiger partial charge in [0.1, 0.15) is 0 Å². The van der Waals surface area contributed by atoms with Crippen molar-refractivity contribution in [1.82, 2.24) is 5.32 Å². The van der Waals surface area contributed by atoms with E-state index in [1.165, 1.54) is 23.4 Å². The Balaban J connectivity index is 2.14. The number of nitrogens with one attached hydrogen (secondary N) is 1. The van der Waals surface area contributed by atoms with Crippen molar-refractivity contribution in [3.05, 3.63) is 24.3 Å². The number of anilines is 1. The van der Waals surface area contributed by atoms with Gasteiger partial charge in [0, 0.05) is 29.2 Å². The lowest BCUT2D eigenvalue weighted by Crippen LogP contribution is -2.48. The Morgan fingerprint density at radius 1 is 1.33 bits per heavy atom. The summed E-state index contributed by atoms with van der Waals surface area (Å²) in [7, 11) is 0. The molecule has 1 unspecified atom stereocenters. The Hall–Kier alpha value is -0.670. The highest BCUT2D eigenvalue weighted by molar-refractivity contribution is 7.98. The zero-order chi connectivity index (χ0) is 13.0. The van der Waals surface area contributed by atoms with Gasteiger partial charge in [0.15, 0.2) is 0 Å². The fourth-order valence-corrected chi connectivity index (χ4v) is 2.87. The van der Waals surface area contributed by atoms with E-state index in [1.807, 2.05) is 0 Å². The van der Waals surface area contributed by atoms with Crippen LogP contribution in [0.25, 0.3) is 0 Å². The molecule has 1 fully saturated rings. The first-order valence-electron chi connectivity index (χ1n) is 6.81. The van der Waals surface area contributed by atoms with Gasteiger partial charge >= 0.3 is 0 Å². The van der Waals surface area contributed by atoms with Crippen LogP contribution in [0.4, 0.5) is 5.69 Å². The lowest BCUT2D eigenvalue weighted by atomic mass is 9.98. The molecule has 1 atom stereocenters. The van der Waals surface area contributed by atoms with Crippen LogP contribution in [0.5, 0.6) is 0 Å². The maximum Gasteiger partial charge on any atom is 0.0367 e. The second-order valence-corrected chi connectivity index (χ2v) is 6.19. The predicted octanol–water partition coefficient (Wildman–Crippen LogP) is 3.38. The number of hydrogen-bond donors (Lipinski definition) is 1. The topological polar surface area (TPSA) is 15.3 Å². The molecule has 0 amide bonds. The van der Waals surface area contributed by atoms with Crippen molar-refractivity contribution in [2.75, 3.05) is 30.8 Å². The molecule has 0 bridgehead atoms. The molecule has 0 radical (unpaired) electrons. The molecule has 1 aromatic carbocycles. The molecule has 0 saturated carbocycles. The molecule has 0 aromatic heterocycles. The van der Waals surface area contributed by atoms with Gasteiger partial charge < -0.3 is 10.2 Å². The number of hydrogen-bond acceptors (Lipinski definition) is 3. The van der Waals surface area contributed by atoms with Crippen LogP contribution in [0, 0.1) is 0 Å². The molecule has 1 N–H and O–H groups in total. The summed E-state index contributed by atoms with van der Waals surface area (Å²) in [4.78, 5) is 3.86. The summed E-state index contributed by atoms with van der Waals surface area (Å²) in [5.74, 6) is 0. The van der Waals surface area contributed by atoms with Crippen molar-refractivity contribution in [1.29, 1.82) is 0 Å². The lowest BCUT2D eigenvalue weighted by Gasteiger charge is -2.34. The Kier molecular flexibility index (Phi) is 4.57. The van der Waals surface area contributed by atoms with Crippen LogP contribution < -0.4 is 10.2 Å². The molecule has 2 nitrogen and oxygen atoms in total. The summed E-state index contributed by atoms with van der Waals surface area (Å²) >= 11 is 1.80. The summed E-state index contributed by atoms with van der Waals surface area (Å²) in [6.07, 6.45) is 4.52. The first-order chi connectivity index (χ1) is 8.67. The van der Waals surface area contributed by atoms with E-state index >= 15 is 0 Å². The highest BCUT2D eigenvalue weighted by atomic mass is 32.2.